The third-order valence-corrected chi connectivity index (χ3v) is 4.55. The SMILES string of the molecule is CCc1nnc(-c2nn(Cc3ccc(Cl)cc3Cl)c3ccccc23)o1. The highest BCUT2D eigenvalue weighted by molar-refractivity contribution is 6.35. The Labute approximate surface area is 154 Å². The Kier molecular flexibility index (Phi) is 4.19. The van der Waals surface area contributed by atoms with Crippen molar-refractivity contribution in [1.82, 2.24) is 20.0 Å². The van der Waals surface area contributed by atoms with E-state index in [4.69, 9.17) is 32.7 Å². The van der Waals surface area contributed by atoms with Crippen LogP contribution in [0.3, 0.4) is 0 Å². The maximum atomic E-state index is 6.31. The molecule has 0 aliphatic carbocycles. The van der Waals surface area contributed by atoms with Crippen molar-refractivity contribution in [2.45, 2.75) is 19.9 Å². The van der Waals surface area contributed by atoms with Crippen molar-refractivity contribution < 1.29 is 4.42 Å². The van der Waals surface area contributed by atoms with E-state index in [1.54, 1.807) is 6.07 Å². The zero-order valence-electron chi connectivity index (χ0n) is 13.4. The van der Waals surface area contributed by atoms with Crippen LogP contribution in [0.1, 0.15) is 18.4 Å². The maximum absolute atomic E-state index is 6.31. The third kappa shape index (κ3) is 3.01. The predicted octanol–water partition coefficient (Wildman–Crippen LogP) is 5.00. The summed E-state index contributed by atoms with van der Waals surface area (Å²) in [5.41, 5.74) is 2.58. The van der Waals surface area contributed by atoms with Gasteiger partial charge in [0, 0.05) is 21.9 Å². The van der Waals surface area contributed by atoms with Crippen LogP contribution in [0.25, 0.3) is 22.5 Å². The first-order valence-corrected chi connectivity index (χ1v) is 8.63. The second kappa shape index (κ2) is 6.50. The van der Waals surface area contributed by atoms with Gasteiger partial charge in [0.15, 0.2) is 5.69 Å². The average molecular weight is 373 g/mol. The van der Waals surface area contributed by atoms with E-state index in [0.717, 1.165) is 16.5 Å². The molecule has 2 aromatic heterocycles. The molecule has 0 saturated heterocycles. The minimum Gasteiger partial charge on any atom is -0.419 e. The van der Waals surface area contributed by atoms with Crippen LogP contribution in [0.2, 0.25) is 10.0 Å². The molecule has 0 saturated carbocycles. The molecule has 0 unspecified atom stereocenters. The second-order valence-corrected chi connectivity index (χ2v) is 6.46. The molecule has 0 N–H and O–H groups in total. The molecule has 0 amide bonds. The van der Waals surface area contributed by atoms with E-state index in [1.165, 1.54) is 0 Å². The van der Waals surface area contributed by atoms with Gasteiger partial charge in [-0.1, -0.05) is 54.4 Å². The van der Waals surface area contributed by atoms with Crippen molar-refractivity contribution in [3.05, 3.63) is 64.0 Å². The molecule has 126 valence electrons. The zero-order valence-corrected chi connectivity index (χ0v) is 14.9. The lowest BCUT2D eigenvalue weighted by Crippen LogP contribution is -2.02. The number of hydrogen-bond donors (Lipinski definition) is 0. The van der Waals surface area contributed by atoms with Crippen LogP contribution < -0.4 is 0 Å². The standard InChI is InChI=1S/C18H14Cl2N4O/c1-2-16-21-22-18(25-16)17-13-5-3-4-6-15(13)24(23-17)10-11-7-8-12(19)9-14(11)20/h3-9H,2,10H2,1H3. The van der Waals surface area contributed by atoms with E-state index in [2.05, 4.69) is 10.2 Å². The van der Waals surface area contributed by atoms with Gasteiger partial charge in [0.05, 0.1) is 12.1 Å². The van der Waals surface area contributed by atoms with Gasteiger partial charge < -0.3 is 4.42 Å². The third-order valence-electron chi connectivity index (χ3n) is 3.97. The van der Waals surface area contributed by atoms with E-state index < -0.39 is 0 Å². The first-order valence-electron chi connectivity index (χ1n) is 7.88. The van der Waals surface area contributed by atoms with Crippen LogP contribution in [-0.2, 0) is 13.0 Å². The van der Waals surface area contributed by atoms with Gasteiger partial charge in [-0.2, -0.15) is 5.10 Å². The second-order valence-electron chi connectivity index (χ2n) is 5.61. The van der Waals surface area contributed by atoms with Crippen LogP contribution >= 0.6 is 23.2 Å². The molecule has 0 atom stereocenters. The van der Waals surface area contributed by atoms with Gasteiger partial charge in [-0.25, -0.2) is 0 Å². The highest BCUT2D eigenvalue weighted by atomic mass is 35.5. The van der Waals surface area contributed by atoms with Gasteiger partial charge in [0.1, 0.15) is 0 Å². The molecule has 2 aromatic carbocycles. The van der Waals surface area contributed by atoms with Crippen LogP contribution in [0.4, 0.5) is 0 Å². The summed E-state index contributed by atoms with van der Waals surface area (Å²) in [7, 11) is 0. The molecule has 0 aliphatic heterocycles. The van der Waals surface area contributed by atoms with Gasteiger partial charge in [-0.05, 0) is 23.8 Å². The van der Waals surface area contributed by atoms with Gasteiger partial charge in [-0.15, -0.1) is 10.2 Å². The van der Waals surface area contributed by atoms with Crippen LogP contribution in [0.5, 0.6) is 0 Å². The summed E-state index contributed by atoms with van der Waals surface area (Å²) in [6.45, 7) is 2.49. The molecular weight excluding hydrogens is 359 g/mol. The Hall–Kier alpha value is -2.37. The first kappa shape index (κ1) is 16.1. The van der Waals surface area contributed by atoms with E-state index >= 15 is 0 Å². The Bertz CT molecular complexity index is 1050. The number of benzene rings is 2. The predicted molar refractivity (Wildman–Crippen MR) is 98.0 cm³/mol. The number of aryl methyl sites for hydroxylation is 1. The zero-order chi connectivity index (χ0) is 17.4. The van der Waals surface area contributed by atoms with E-state index in [1.807, 2.05) is 48.0 Å². The fraction of sp³-hybridized carbons (Fsp3) is 0.167. The highest BCUT2D eigenvalue weighted by Crippen LogP contribution is 2.29. The minimum atomic E-state index is 0.425. The summed E-state index contributed by atoms with van der Waals surface area (Å²) >= 11 is 12.3. The van der Waals surface area contributed by atoms with Gasteiger partial charge >= 0.3 is 0 Å². The van der Waals surface area contributed by atoms with Crippen molar-refractivity contribution in [2.24, 2.45) is 0 Å². The monoisotopic (exact) mass is 372 g/mol. The van der Waals surface area contributed by atoms with Crippen molar-refractivity contribution in [1.29, 1.82) is 0 Å². The topological polar surface area (TPSA) is 56.7 Å². The minimum absolute atomic E-state index is 0.425. The van der Waals surface area contributed by atoms with E-state index in [0.29, 0.717) is 40.5 Å². The van der Waals surface area contributed by atoms with Crippen molar-refractivity contribution in [3.8, 4) is 11.6 Å². The summed E-state index contributed by atoms with van der Waals surface area (Å²) < 4.78 is 7.57. The highest BCUT2D eigenvalue weighted by Gasteiger charge is 2.18. The van der Waals surface area contributed by atoms with E-state index in [-0.39, 0.29) is 0 Å². The van der Waals surface area contributed by atoms with Crippen LogP contribution in [0, 0.1) is 0 Å². The number of hydrogen-bond acceptors (Lipinski definition) is 4. The lowest BCUT2D eigenvalue weighted by atomic mass is 10.2. The number of rotatable bonds is 4. The number of fused-ring (bicyclic) bond motifs is 1. The number of para-hydroxylation sites is 1. The fourth-order valence-electron chi connectivity index (χ4n) is 2.71. The number of aromatic nitrogens is 4. The Morgan fingerprint density at radius 3 is 2.68 bits per heavy atom. The number of halogens is 2. The van der Waals surface area contributed by atoms with Crippen LogP contribution in [0.15, 0.2) is 46.9 Å². The maximum Gasteiger partial charge on any atom is 0.268 e. The van der Waals surface area contributed by atoms with Gasteiger partial charge in [0.2, 0.25) is 5.89 Å². The molecule has 4 aromatic rings. The Morgan fingerprint density at radius 2 is 1.92 bits per heavy atom. The summed E-state index contributed by atoms with van der Waals surface area (Å²) in [5.74, 6) is 1.02. The largest absolute Gasteiger partial charge is 0.419 e. The first-order chi connectivity index (χ1) is 12.2. The quantitative estimate of drug-likeness (QED) is 0.505. The average Bonchev–Trinajstić information content (AvgIpc) is 3.22. The molecule has 0 fully saturated rings. The van der Waals surface area contributed by atoms with Crippen LogP contribution in [-0.4, -0.2) is 20.0 Å². The molecule has 0 aliphatic rings. The molecule has 2 heterocycles. The fourth-order valence-corrected chi connectivity index (χ4v) is 3.18. The van der Waals surface area contributed by atoms with Crippen molar-refractivity contribution >= 4 is 34.1 Å². The molecule has 25 heavy (non-hydrogen) atoms. The van der Waals surface area contributed by atoms with Gasteiger partial charge in [-0.3, -0.25) is 4.68 Å². The molecule has 0 bridgehead atoms. The van der Waals surface area contributed by atoms with E-state index in [9.17, 15) is 0 Å². The summed E-state index contributed by atoms with van der Waals surface area (Å²) in [4.78, 5) is 0. The lowest BCUT2D eigenvalue weighted by Gasteiger charge is -2.06. The molecule has 7 heteroatoms. The molecular formula is C18H14Cl2N4O. The Balaban J connectivity index is 1.82. The normalized spacial score (nSPS) is 11.3. The molecule has 0 radical (unpaired) electrons. The number of nitrogens with zero attached hydrogens (tertiary/aromatic N) is 4. The summed E-state index contributed by atoms with van der Waals surface area (Å²) in [6.07, 6.45) is 0.687. The Morgan fingerprint density at radius 1 is 1.08 bits per heavy atom. The lowest BCUT2D eigenvalue weighted by molar-refractivity contribution is 0.510. The summed E-state index contributed by atoms with van der Waals surface area (Å²) in [5, 5.41) is 15.0. The molecule has 5 nitrogen and oxygen atoms in total. The molecule has 4 rings (SSSR count). The van der Waals surface area contributed by atoms with Crippen molar-refractivity contribution in [2.75, 3.05) is 0 Å². The summed E-state index contributed by atoms with van der Waals surface area (Å²) in [6, 6.07) is 13.4. The van der Waals surface area contributed by atoms with Gasteiger partial charge in [0.25, 0.3) is 5.89 Å². The van der Waals surface area contributed by atoms with Crippen molar-refractivity contribution in [3.63, 3.8) is 0 Å². The molecule has 0 spiro atoms. The smallest absolute Gasteiger partial charge is 0.268 e.